The maximum atomic E-state index is 6.52. The third-order valence-corrected chi connectivity index (χ3v) is 6.10. The highest BCUT2D eigenvalue weighted by Gasteiger charge is 2.33. The quantitative estimate of drug-likeness (QED) is 0.485. The molecular formula is C24H25N7O2. The molecule has 2 N–H and O–H groups in total. The maximum absolute atomic E-state index is 6.52. The number of ether oxygens (including phenoxy) is 2. The number of nitrogens with one attached hydrogen (secondary N) is 2. The fourth-order valence-electron chi connectivity index (χ4n) is 4.65. The van der Waals surface area contributed by atoms with E-state index < -0.39 is 0 Å². The second kappa shape index (κ2) is 8.42. The van der Waals surface area contributed by atoms with Gasteiger partial charge >= 0.3 is 0 Å². The van der Waals surface area contributed by atoms with Crippen molar-refractivity contribution in [3.63, 3.8) is 0 Å². The summed E-state index contributed by atoms with van der Waals surface area (Å²) in [6, 6.07) is 12.6. The molecule has 0 unspecified atom stereocenters. The number of piperidine rings is 1. The SMILES string of the molecule is Cc1cc(-c2ccn3nc(Nc4cccnn4)cc3c2)c(O[C@H]2C[C@H]3COC[C@@H](C2)N3)cn1. The molecule has 0 aromatic carbocycles. The molecule has 0 radical (unpaired) electrons. The van der Waals surface area contributed by atoms with E-state index in [2.05, 4.69) is 49.1 Å². The first-order valence-corrected chi connectivity index (χ1v) is 11.2. The molecule has 3 atom stereocenters. The molecule has 2 bridgehead atoms. The first-order valence-electron chi connectivity index (χ1n) is 11.2. The van der Waals surface area contributed by atoms with Crippen LogP contribution in [-0.4, -0.2) is 56.2 Å². The lowest BCUT2D eigenvalue weighted by Crippen LogP contribution is -2.56. The van der Waals surface area contributed by atoms with Crippen LogP contribution in [0.3, 0.4) is 0 Å². The Morgan fingerprint density at radius 1 is 1.12 bits per heavy atom. The highest BCUT2D eigenvalue weighted by molar-refractivity contribution is 5.75. The standard InChI is InChI=1S/C24H25N7O2/c1-15-7-21(22(12-25-15)33-20-9-17-13-32-14-18(10-20)27-17)16-4-6-31-19(8-16)11-24(30-31)28-23-3-2-5-26-29-23/h2-8,11-12,17-18,20,27H,9-10,13-14H2,1H3,(H,28,29,30)/t17-,18+,20-. The van der Waals surface area contributed by atoms with Gasteiger partial charge in [-0.05, 0) is 42.8 Å². The van der Waals surface area contributed by atoms with Gasteiger partial charge < -0.3 is 20.1 Å². The molecule has 33 heavy (non-hydrogen) atoms. The van der Waals surface area contributed by atoms with Gasteiger partial charge in [0.05, 0.1) is 24.9 Å². The minimum Gasteiger partial charge on any atom is -0.488 e. The molecule has 9 nitrogen and oxygen atoms in total. The Bertz CT molecular complexity index is 1260. The van der Waals surface area contributed by atoms with Crippen LogP contribution in [-0.2, 0) is 4.74 Å². The van der Waals surface area contributed by atoms with Crippen LogP contribution in [0.15, 0.2) is 55.0 Å². The first kappa shape index (κ1) is 20.1. The molecule has 0 amide bonds. The Morgan fingerprint density at radius 3 is 2.82 bits per heavy atom. The van der Waals surface area contributed by atoms with Crippen molar-refractivity contribution in [3.8, 4) is 16.9 Å². The number of pyridine rings is 2. The van der Waals surface area contributed by atoms with Gasteiger partial charge in [0.2, 0.25) is 0 Å². The van der Waals surface area contributed by atoms with Crippen LogP contribution in [0.1, 0.15) is 18.5 Å². The van der Waals surface area contributed by atoms with E-state index in [1.165, 1.54) is 0 Å². The zero-order valence-corrected chi connectivity index (χ0v) is 18.3. The van der Waals surface area contributed by atoms with Crippen molar-refractivity contribution in [1.82, 2.24) is 30.1 Å². The number of morpholine rings is 1. The van der Waals surface area contributed by atoms with Gasteiger partial charge in [-0.3, -0.25) is 4.98 Å². The topological polar surface area (TPSA) is 98.5 Å². The molecule has 0 saturated carbocycles. The predicted octanol–water partition coefficient (Wildman–Crippen LogP) is 3.14. The van der Waals surface area contributed by atoms with Crippen molar-refractivity contribution in [2.24, 2.45) is 0 Å². The van der Waals surface area contributed by atoms with E-state index in [9.17, 15) is 0 Å². The van der Waals surface area contributed by atoms with Crippen LogP contribution >= 0.6 is 0 Å². The summed E-state index contributed by atoms with van der Waals surface area (Å²) in [5.74, 6) is 2.17. The van der Waals surface area contributed by atoms with E-state index in [0.29, 0.717) is 23.7 Å². The zero-order chi connectivity index (χ0) is 22.2. The van der Waals surface area contributed by atoms with Crippen LogP contribution < -0.4 is 15.4 Å². The van der Waals surface area contributed by atoms with Gasteiger partial charge in [-0.2, -0.15) is 10.2 Å². The Morgan fingerprint density at radius 2 is 2.00 bits per heavy atom. The fraction of sp³-hybridized carbons (Fsp3) is 0.333. The van der Waals surface area contributed by atoms with Gasteiger partial charge in [0, 0.05) is 54.6 Å². The second-order valence-corrected chi connectivity index (χ2v) is 8.68. The van der Waals surface area contributed by atoms with Gasteiger partial charge in [-0.15, -0.1) is 5.10 Å². The van der Waals surface area contributed by atoms with E-state index in [-0.39, 0.29) is 6.10 Å². The summed E-state index contributed by atoms with van der Waals surface area (Å²) in [5, 5.41) is 19.3. The van der Waals surface area contributed by atoms with E-state index in [4.69, 9.17) is 9.47 Å². The molecule has 2 fully saturated rings. The van der Waals surface area contributed by atoms with Crippen LogP contribution in [0.25, 0.3) is 16.6 Å². The average Bonchev–Trinajstić information content (AvgIpc) is 3.22. The molecule has 0 aliphatic carbocycles. The number of aromatic nitrogens is 5. The summed E-state index contributed by atoms with van der Waals surface area (Å²) >= 11 is 0. The zero-order valence-electron chi connectivity index (χ0n) is 18.3. The smallest absolute Gasteiger partial charge is 0.154 e. The van der Waals surface area contributed by atoms with Gasteiger partial charge in [-0.1, -0.05) is 0 Å². The van der Waals surface area contributed by atoms with Gasteiger partial charge in [0.1, 0.15) is 11.9 Å². The van der Waals surface area contributed by atoms with Crippen molar-refractivity contribution in [2.45, 2.75) is 38.0 Å². The van der Waals surface area contributed by atoms with E-state index in [0.717, 1.165) is 54.1 Å². The Balaban J connectivity index is 1.29. The molecule has 2 aliphatic heterocycles. The van der Waals surface area contributed by atoms with Crippen molar-refractivity contribution in [1.29, 1.82) is 0 Å². The van der Waals surface area contributed by atoms with E-state index in [1.54, 1.807) is 6.20 Å². The summed E-state index contributed by atoms with van der Waals surface area (Å²) in [4.78, 5) is 4.51. The summed E-state index contributed by atoms with van der Waals surface area (Å²) in [7, 11) is 0. The monoisotopic (exact) mass is 443 g/mol. The van der Waals surface area contributed by atoms with Crippen LogP contribution in [0.5, 0.6) is 5.75 Å². The third-order valence-electron chi connectivity index (χ3n) is 6.10. The summed E-state index contributed by atoms with van der Waals surface area (Å²) < 4.78 is 14.0. The molecule has 4 aromatic heterocycles. The summed E-state index contributed by atoms with van der Waals surface area (Å²) in [5.41, 5.74) is 4.01. The third kappa shape index (κ3) is 4.24. The molecule has 168 valence electrons. The Hall–Kier alpha value is -3.56. The van der Waals surface area contributed by atoms with Crippen LogP contribution in [0.4, 0.5) is 11.6 Å². The van der Waals surface area contributed by atoms with Crippen LogP contribution in [0, 0.1) is 6.92 Å². The number of nitrogens with zero attached hydrogens (tertiary/aromatic N) is 5. The van der Waals surface area contributed by atoms with Crippen LogP contribution in [0.2, 0.25) is 0 Å². The van der Waals surface area contributed by atoms with Crippen molar-refractivity contribution >= 4 is 17.2 Å². The normalized spacial score (nSPS) is 22.3. The van der Waals surface area contributed by atoms with Crippen molar-refractivity contribution < 1.29 is 9.47 Å². The first-order chi connectivity index (χ1) is 16.2. The minimum absolute atomic E-state index is 0.148. The van der Waals surface area contributed by atoms with Gasteiger partial charge in [0.15, 0.2) is 11.6 Å². The highest BCUT2D eigenvalue weighted by atomic mass is 16.5. The molecule has 4 aromatic rings. The van der Waals surface area contributed by atoms with Gasteiger partial charge in [0.25, 0.3) is 0 Å². The molecular weight excluding hydrogens is 418 g/mol. The number of hydrogen-bond donors (Lipinski definition) is 2. The molecule has 9 heteroatoms. The number of aryl methyl sites for hydroxylation is 1. The summed E-state index contributed by atoms with van der Waals surface area (Å²) in [6.45, 7) is 3.50. The van der Waals surface area contributed by atoms with Crippen molar-refractivity contribution in [2.75, 3.05) is 18.5 Å². The lowest BCUT2D eigenvalue weighted by atomic mass is 9.94. The van der Waals surface area contributed by atoms with E-state index in [1.807, 2.05) is 42.0 Å². The minimum atomic E-state index is 0.148. The molecule has 6 heterocycles. The fourth-order valence-corrected chi connectivity index (χ4v) is 4.65. The number of hydrogen-bond acceptors (Lipinski definition) is 8. The molecule has 0 spiro atoms. The summed E-state index contributed by atoms with van der Waals surface area (Å²) in [6.07, 6.45) is 7.46. The maximum Gasteiger partial charge on any atom is 0.154 e. The van der Waals surface area contributed by atoms with Crippen molar-refractivity contribution in [3.05, 3.63) is 60.7 Å². The largest absolute Gasteiger partial charge is 0.488 e. The predicted molar refractivity (Wildman–Crippen MR) is 124 cm³/mol. The van der Waals surface area contributed by atoms with E-state index >= 15 is 0 Å². The second-order valence-electron chi connectivity index (χ2n) is 8.68. The number of rotatable bonds is 5. The van der Waals surface area contributed by atoms with Gasteiger partial charge in [-0.25, -0.2) is 4.52 Å². The molecule has 6 rings (SSSR count). The molecule has 2 aliphatic rings. The molecule has 2 saturated heterocycles. The number of anilines is 2. The Kier molecular flexibility index (Phi) is 5.12. The Labute approximate surface area is 191 Å². The average molecular weight is 444 g/mol. The lowest BCUT2D eigenvalue weighted by Gasteiger charge is -2.40. The highest BCUT2D eigenvalue weighted by Crippen LogP contribution is 2.34. The lowest BCUT2D eigenvalue weighted by molar-refractivity contribution is -0.0122. The number of fused-ring (bicyclic) bond motifs is 3.